The van der Waals surface area contributed by atoms with Crippen LogP contribution in [0.4, 0.5) is 0 Å². The van der Waals surface area contributed by atoms with Gasteiger partial charge in [-0.15, -0.1) is 0 Å². The minimum atomic E-state index is 0.609. The Bertz CT molecular complexity index is 525. The van der Waals surface area contributed by atoms with Crippen LogP contribution in [0, 0.1) is 0 Å². The second-order valence-corrected chi connectivity index (χ2v) is 4.79. The van der Waals surface area contributed by atoms with Crippen LogP contribution in [-0.4, -0.2) is 18.6 Å². The quantitative estimate of drug-likeness (QED) is 0.849. The Labute approximate surface area is 116 Å². The Morgan fingerprint density at radius 3 is 2.94 bits per heavy atom. The number of nitrogens with one attached hydrogen (secondary N) is 1. The summed E-state index contributed by atoms with van der Waals surface area (Å²) in [7, 11) is 1.92. The molecule has 0 spiro atoms. The molecule has 1 aromatic heterocycles. The van der Waals surface area contributed by atoms with Gasteiger partial charge in [-0.3, -0.25) is 0 Å². The van der Waals surface area contributed by atoms with E-state index in [1.54, 1.807) is 24.4 Å². The molecule has 1 aromatic carbocycles. The number of halogens is 2. The molecule has 0 bridgehead atoms. The van der Waals surface area contributed by atoms with Crippen LogP contribution in [0.1, 0.15) is 12.3 Å². The van der Waals surface area contributed by atoms with E-state index in [4.69, 9.17) is 27.6 Å². The molecule has 5 heteroatoms. The number of rotatable bonds is 5. The lowest BCUT2D eigenvalue weighted by atomic mass is 10.2. The van der Waals surface area contributed by atoms with Crippen LogP contribution in [-0.2, 0) is 6.42 Å². The topological polar surface area (TPSA) is 38.1 Å². The van der Waals surface area contributed by atoms with E-state index >= 15 is 0 Å². The normalized spacial score (nSPS) is 10.8. The van der Waals surface area contributed by atoms with E-state index < -0.39 is 0 Å². The number of benzene rings is 1. The SMILES string of the molecule is CNCCCc1ncc(-c2cc(Cl)ccc2Cl)o1. The van der Waals surface area contributed by atoms with Crippen LogP contribution in [0.15, 0.2) is 28.8 Å². The highest BCUT2D eigenvalue weighted by atomic mass is 35.5. The van der Waals surface area contributed by atoms with E-state index in [1.807, 2.05) is 7.05 Å². The van der Waals surface area contributed by atoms with Crippen molar-refractivity contribution in [2.45, 2.75) is 12.8 Å². The minimum absolute atomic E-state index is 0.609. The maximum Gasteiger partial charge on any atom is 0.194 e. The molecule has 0 amide bonds. The lowest BCUT2D eigenvalue weighted by molar-refractivity contribution is 0.495. The fraction of sp³-hybridized carbons (Fsp3) is 0.308. The van der Waals surface area contributed by atoms with E-state index in [-0.39, 0.29) is 0 Å². The number of nitrogens with zero attached hydrogens (tertiary/aromatic N) is 1. The van der Waals surface area contributed by atoms with Gasteiger partial charge in [0.05, 0.1) is 11.2 Å². The molecule has 1 heterocycles. The van der Waals surface area contributed by atoms with Crippen LogP contribution in [0.2, 0.25) is 10.0 Å². The molecule has 0 saturated heterocycles. The third kappa shape index (κ3) is 3.25. The second kappa shape index (κ2) is 6.23. The van der Waals surface area contributed by atoms with Crippen molar-refractivity contribution in [3.63, 3.8) is 0 Å². The highest BCUT2D eigenvalue weighted by Crippen LogP contribution is 2.31. The molecule has 0 fully saturated rings. The highest BCUT2D eigenvalue weighted by Gasteiger charge is 2.10. The molecule has 96 valence electrons. The molecule has 0 radical (unpaired) electrons. The summed E-state index contributed by atoms with van der Waals surface area (Å²) in [6, 6.07) is 5.28. The number of hydrogen-bond acceptors (Lipinski definition) is 3. The summed E-state index contributed by atoms with van der Waals surface area (Å²) in [5, 5.41) is 4.32. The first-order chi connectivity index (χ1) is 8.70. The third-order valence-electron chi connectivity index (χ3n) is 2.56. The molecular formula is C13H14Cl2N2O. The average molecular weight is 285 g/mol. The Balaban J connectivity index is 2.16. The molecule has 0 unspecified atom stereocenters. The maximum absolute atomic E-state index is 6.11. The van der Waals surface area contributed by atoms with Crippen LogP contribution in [0.5, 0.6) is 0 Å². The third-order valence-corrected chi connectivity index (χ3v) is 3.13. The van der Waals surface area contributed by atoms with E-state index in [0.717, 1.165) is 30.8 Å². The van der Waals surface area contributed by atoms with Crippen LogP contribution >= 0.6 is 23.2 Å². The van der Waals surface area contributed by atoms with Crippen molar-refractivity contribution in [3.05, 3.63) is 40.3 Å². The predicted octanol–water partition coefficient (Wildman–Crippen LogP) is 3.80. The highest BCUT2D eigenvalue weighted by molar-refractivity contribution is 6.35. The lowest BCUT2D eigenvalue weighted by Crippen LogP contribution is -2.08. The summed E-state index contributed by atoms with van der Waals surface area (Å²) in [4.78, 5) is 4.24. The first-order valence-corrected chi connectivity index (χ1v) is 6.51. The van der Waals surface area contributed by atoms with Crippen molar-refractivity contribution in [3.8, 4) is 11.3 Å². The van der Waals surface area contributed by atoms with Gasteiger partial charge in [-0.25, -0.2) is 4.98 Å². The van der Waals surface area contributed by atoms with Gasteiger partial charge in [-0.1, -0.05) is 23.2 Å². The van der Waals surface area contributed by atoms with E-state index in [1.165, 1.54) is 0 Å². The summed E-state index contributed by atoms with van der Waals surface area (Å²) >= 11 is 12.1. The molecule has 1 N–H and O–H groups in total. The molecule has 0 atom stereocenters. The molecule has 2 aromatic rings. The second-order valence-electron chi connectivity index (χ2n) is 3.95. The molecule has 2 rings (SSSR count). The van der Waals surface area contributed by atoms with Crippen LogP contribution < -0.4 is 5.32 Å². The number of oxazole rings is 1. The zero-order valence-corrected chi connectivity index (χ0v) is 11.6. The Morgan fingerprint density at radius 1 is 1.33 bits per heavy atom. The average Bonchev–Trinajstić information content (AvgIpc) is 2.81. The smallest absolute Gasteiger partial charge is 0.194 e. The van der Waals surface area contributed by atoms with Gasteiger partial charge in [-0.2, -0.15) is 0 Å². The minimum Gasteiger partial charge on any atom is -0.441 e. The van der Waals surface area contributed by atoms with Crippen molar-refractivity contribution in [2.24, 2.45) is 0 Å². The number of aromatic nitrogens is 1. The summed E-state index contributed by atoms with van der Waals surface area (Å²) in [5.41, 5.74) is 0.775. The zero-order valence-electron chi connectivity index (χ0n) is 10.0. The molecule has 3 nitrogen and oxygen atoms in total. The van der Waals surface area contributed by atoms with Crippen molar-refractivity contribution in [1.82, 2.24) is 10.3 Å². The van der Waals surface area contributed by atoms with Gasteiger partial charge in [0.15, 0.2) is 11.7 Å². The van der Waals surface area contributed by atoms with Crippen molar-refractivity contribution >= 4 is 23.2 Å². The van der Waals surface area contributed by atoms with Crippen molar-refractivity contribution in [1.29, 1.82) is 0 Å². The van der Waals surface area contributed by atoms with Crippen molar-refractivity contribution < 1.29 is 4.42 Å². The Morgan fingerprint density at radius 2 is 2.17 bits per heavy atom. The number of aryl methyl sites for hydroxylation is 1. The summed E-state index contributed by atoms with van der Waals surface area (Å²) in [5.74, 6) is 1.37. The summed E-state index contributed by atoms with van der Waals surface area (Å²) in [6.07, 6.45) is 3.48. The molecule has 0 aliphatic heterocycles. The Kier molecular flexibility index (Phi) is 4.64. The van der Waals surface area contributed by atoms with Gasteiger partial charge >= 0.3 is 0 Å². The first-order valence-electron chi connectivity index (χ1n) is 5.75. The van der Waals surface area contributed by atoms with Crippen LogP contribution in [0.25, 0.3) is 11.3 Å². The fourth-order valence-electron chi connectivity index (χ4n) is 1.65. The predicted molar refractivity (Wildman–Crippen MR) is 74.2 cm³/mol. The summed E-state index contributed by atoms with van der Waals surface area (Å²) in [6.45, 7) is 0.940. The fourth-order valence-corrected chi connectivity index (χ4v) is 2.04. The molecule has 0 saturated carbocycles. The van der Waals surface area contributed by atoms with Crippen molar-refractivity contribution in [2.75, 3.05) is 13.6 Å². The first kappa shape index (κ1) is 13.4. The molecule has 0 aliphatic carbocycles. The van der Waals surface area contributed by atoms with Gasteiger partial charge in [0, 0.05) is 17.0 Å². The van der Waals surface area contributed by atoms with E-state index in [2.05, 4.69) is 10.3 Å². The van der Waals surface area contributed by atoms with Gasteiger partial charge in [0.25, 0.3) is 0 Å². The molecular weight excluding hydrogens is 271 g/mol. The Hall–Kier alpha value is -1.03. The van der Waals surface area contributed by atoms with E-state index in [0.29, 0.717) is 15.8 Å². The maximum atomic E-state index is 6.11. The monoisotopic (exact) mass is 284 g/mol. The summed E-state index contributed by atoms with van der Waals surface area (Å²) < 4.78 is 5.67. The largest absolute Gasteiger partial charge is 0.441 e. The zero-order chi connectivity index (χ0) is 13.0. The van der Waals surface area contributed by atoms with Gasteiger partial charge in [0.2, 0.25) is 0 Å². The number of hydrogen-bond donors (Lipinski definition) is 1. The molecule has 0 aliphatic rings. The van der Waals surface area contributed by atoms with Gasteiger partial charge in [0.1, 0.15) is 0 Å². The van der Waals surface area contributed by atoms with Gasteiger partial charge < -0.3 is 9.73 Å². The van der Waals surface area contributed by atoms with Gasteiger partial charge in [-0.05, 0) is 38.2 Å². The lowest BCUT2D eigenvalue weighted by Gasteiger charge is -2.00. The standard InChI is InChI=1S/C13H14Cl2N2O/c1-16-6-2-3-13-17-8-12(18-13)10-7-9(14)4-5-11(10)15/h4-5,7-8,16H,2-3,6H2,1H3. The van der Waals surface area contributed by atoms with E-state index in [9.17, 15) is 0 Å². The molecule has 18 heavy (non-hydrogen) atoms. The van der Waals surface area contributed by atoms with Crippen LogP contribution in [0.3, 0.4) is 0 Å².